The van der Waals surface area contributed by atoms with Crippen molar-refractivity contribution in [1.82, 2.24) is 9.97 Å². The molecule has 0 saturated heterocycles. The minimum atomic E-state index is -1.50. The molecule has 6 heteroatoms. The van der Waals surface area contributed by atoms with Gasteiger partial charge in [-0.25, -0.2) is 4.98 Å². The number of hydrogen-bond acceptors (Lipinski definition) is 3. The lowest BCUT2D eigenvalue weighted by atomic mass is 9.80. The minimum absolute atomic E-state index is 0.392. The van der Waals surface area contributed by atoms with Gasteiger partial charge in [-0.1, -0.05) is 96.3 Å². The van der Waals surface area contributed by atoms with Gasteiger partial charge in [-0.15, -0.1) is 0 Å². The Balaban J connectivity index is 1.59. The summed E-state index contributed by atoms with van der Waals surface area (Å²) in [6, 6.07) is 27.0. The third-order valence-corrected chi connectivity index (χ3v) is 8.19. The van der Waals surface area contributed by atoms with Crippen molar-refractivity contribution in [3.63, 3.8) is 0 Å². The van der Waals surface area contributed by atoms with Gasteiger partial charge >= 0.3 is 0 Å². The number of benzene rings is 3. The van der Waals surface area contributed by atoms with Crippen molar-refractivity contribution in [2.24, 2.45) is 0 Å². The molecule has 2 atom stereocenters. The van der Waals surface area contributed by atoms with E-state index in [0.29, 0.717) is 49.7 Å². The Morgan fingerprint density at radius 1 is 0.842 bits per heavy atom. The van der Waals surface area contributed by atoms with Gasteiger partial charge < -0.3 is 5.11 Å². The number of hydrogen-bond donors (Lipinski definition) is 1. The fourth-order valence-corrected chi connectivity index (χ4v) is 5.97. The van der Waals surface area contributed by atoms with Gasteiger partial charge in [0.05, 0.1) is 10.5 Å². The first-order valence-electron chi connectivity index (χ1n) is 12.6. The van der Waals surface area contributed by atoms with Gasteiger partial charge in [-0.3, -0.25) is 4.98 Å². The lowest BCUT2D eigenvalue weighted by Crippen LogP contribution is -2.29. The van der Waals surface area contributed by atoms with Crippen LogP contribution >= 0.6 is 34.8 Å². The van der Waals surface area contributed by atoms with E-state index in [1.807, 2.05) is 42.5 Å². The van der Waals surface area contributed by atoms with Crippen molar-refractivity contribution in [1.29, 1.82) is 0 Å². The molecule has 2 aromatic heterocycles. The van der Waals surface area contributed by atoms with E-state index in [2.05, 4.69) is 41.2 Å². The maximum absolute atomic E-state index is 12.3. The molecule has 0 saturated carbocycles. The highest BCUT2D eigenvalue weighted by molar-refractivity contribution is 6.39. The van der Waals surface area contributed by atoms with E-state index in [0.717, 1.165) is 23.8 Å². The van der Waals surface area contributed by atoms with E-state index in [9.17, 15) is 5.11 Å². The molecule has 0 aliphatic rings. The van der Waals surface area contributed by atoms with Crippen LogP contribution in [0.15, 0.2) is 97.3 Å². The number of aromatic nitrogens is 2. The first kappa shape index (κ1) is 26.6. The van der Waals surface area contributed by atoms with Gasteiger partial charge in [0.25, 0.3) is 0 Å². The molecule has 0 aliphatic heterocycles. The first-order chi connectivity index (χ1) is 18.4. The quantitative estimate of drug-likeness (QED) is 0.192. The van der Waals surface area contributed by atoms with Crippen LogP contribution in [0.5, 0.6) is 0 Å². The molecule has 0 amide bonds. The molecule has 192 valence electrons. The summed E-state index contributed by atoms with van der Waals surface area (Å²) in [5.74, 6) is 0.392. The molecule has 2 heterocycles. The number of halogens is 3. The van der Waals surface area contributed by atoms with Gasteiger partial charge in [0.2, 0.25) is 0 Å². The van der Waals surface area contributed by atoms with Crippen LogP contribution < -0.4 is 0 Å². The van der Waals surface area contributed by atoms with Gasteiger partial charge in [0, 0.05) is 33.9 Å². The molecule has 3 nitrogen and oxygen atoms in total. The molecule has 0 aliphatic carbocycles. The van der Waals surface area contributed by atoms with Crippen LogP contribution in [0, 0.1) is 0 Å². The van der Waals surface area contributed by atoms with Crippen LogP contribution in [0.1, 0.15) is 53.5 Å². The SMILES string of the molecule is CCC(CCc1c(Cl)nc2ccc(C(O)(c3cccnc3)c3cccc(Cl)c3)cc2c1Cl)c1ccccc1. The summed E-state index contributed by atoms with van der Waals surface area (Å²) >= 11 is 20.0. The van der Waals surface area contributed by atoms with Crippen molar-refractivity contribution in [3.8, 4) is 0 Å². The smallest absolute Gasteiger partial charge is 0.142 e. The van der Waals surface area contributed by atoms with E-state index in [1.165, 1.54) is 5.56 Å². The van der Waals surface area contributed by atoms with E-state index in [4.69, 9.17) is 34.8 Å². The van der Waals surface area contributed by atoms with Crippen molar-refractivity contribution in [2.75, 3.05) is 0 Å². The van der Waals surface area contributed by atoms with Gasteiger partial charge in [0.1, 0.15) is 10.8 Å². The van der Waals surface area contributed by atoms with E-state index in [-0.39, 0.29) is 0 Å². The predicted molar refractivity (Wildman–Crippen MR) is 157 cm³/mol. The maximum Gasteiger partial charge on any atom is 0.142 e. The highest BCUT2D eigenvalue weighted by atomic mass is 35.5. The number of nitrogens with zero attached hydrogens (tertiary/aromatic N) is 2. The molecule has 3 aromatic carbocycles. The lowest BCUT2D eigenvalue weighted by Gasteiger charge is -2.30. The van der Waals surface area contributed by atoms with E-state index < -0.39 is 5.60 Å². The van der Waals surface area contributed by atoms with Crippen molar-refractivity contribution < 1.29 is 5.11 Å². The summed E-state index contributed by atoms with van der Waals surface area (Å²) in [6.07, 6.45) is 5.94. The average Bonchev–Trinajstić information content (AvgIpc) is 2.95. The number of pyridine rings is 2. The highest BCUT2D eigenvalue weighted by Crippen LogP contribution is 2.41. The Labute approximate surface area is 238 Å². The Kier molecular flexibility index (Phi) is 8.01. The van der Waals surface area contributed by atoms with Crippen LogP contribution in [0.4, 0.5) is 0 Å². The first-order valence-corrected chi connectivity index (χ1v) is 13.8. The summed E-state index contributed by atoms with van der Waals surface area (Å²) in [5.41, 5.74) is 3.17. The van der Waals surface area contributed by atoms with Gasteiger partial charge in [-0.2, -0.15) is 0 Å². The third kappa shape index (κ3) is 5.17. The molecule has 0 fully saturated rings. The molecular formula is C32H27Cl3N2O. The number of aliphatic hydroxyl groups is 1. The summed E-state index contributed by atoms with van der Waals surface area (Å²) in [7, 11) is 0. The fourth-order valence-electron chi connectivity index (χ4n) is 5.11. The molecule has 1 N–H and O–H groups in total. The van der Waals surface area contributed by atoms with Crippen LogP contribution in [-0.2, 0) is 12.0 Å². The average molecular weight is 562 g/mol. The van der Waals surface area contributed by atoms with Gasteiger partial charge in [0.15, 0.2) is 0 Å². The molecule has 5 aromatic rings. The summed E-state index contributed by atoms with van der Waals surface area (Å²) < 4.78 is 0. The van der Waals surface area contributed by atoms with Crippen LogP contribution in [0.3, 0.4) is 0 Å². The predicted octanol–water partition coefficient (Wildman–Crippen LogP) is 9.00. The van der Waals surface area contributed by atoms with Crippen molar-refractivity contribution in [3.05, 3.63) is 140 Å². The summed E-state index contributed by atoms with van der Waals surface area (Å²) in [5, 5.41) is 14.5. The topological polar surface area (TPSA) is 46.0 Å². The molecule has 0 spiro atoms. The second-order valence-corrected chi connectivity index (χ2v) is 10.6. The molecule has 0 bridgehead atoms. The molecule has 5 rings (SSSR count). The normalized spacial score (nSPS) is 13.8. The monoisotopic (exact) mass is 560 g/mol. The van der Waals surface area contributed by atoms with Crippen LogP contribution in [-0.4, -0.2) is 15.1 Å². The van der Waals surface area contributed by atoms with E-state index in [1.54, 1.807) is 30.6 Å². The zero-order valence-electron chi connectivity index (χ0n) is 20.9. The second kappa shape index (κ2) is 11.4. The zero-order valence-corrected chi connectivity index (χ0v) is 23.2. The van der Waals surface area contributed by atoms with Crippen molar-refractivity contribution in [2.45, 2.75) is 37.7 Å². The largest absolute Gasteiger partial charge is 0.376 e. The van der Waals surface area contributed by atoms with Crippen molar-refractivity contribution >= 4 is 45.7 Å². The molecular weight excluding hydrogens is 535 g/mol. The lowest BCUT2D eigenvalue weighted by molar-refractivity contribution is 0.125. The Hall–Kier alpha value is -2.95. The van der Waals surface area contributed by atoms with Crippen LogP contribution in [0.2, 0.25) is 15.2 Å². The summed E-state index contributed by atoms with van der Waals surface area (Å²) in [6.45, 7) is 2.20. The number of rotatable bonds is 8. The standard InChI is InChI=1S/C32H27Cl3N2O/c1-2-21(22-8-4-3-5-9-22)13-15-27-30(34)28-19-24(14-16-29(28)37-31(27)35)32(38,25-11-7-17-36-20-25)23-10-6-12-26(33)18-23/h3-12,14,16-21,38H,2,13,15H2,1H3. The minimum Gasteiger partial charge on any atom is -0.376 e. The third-order valence-electron chi connectivity index (χ3n) is 7.21. The van der Waals surface area contributed by atoms with Gasteiger partial charge in [-0.05, 0) is 72.2 Å². The molecule has 38 heavy (non-hydrogen) atoms. The fraction of sp³-hybridized carbons (Fsp3) is 0.188. The Morgan fingerprint density at radius 2 is 1.61 bits per heavy atom. The molecule has 0 radical (unpaired) electrons. The summed E-state index contributed by atoms with van der Waals surface area (Å²) in [4.78, 5) is 8.92. The number of fused-ring (bicyclic) bond motifs is 1. The zero-order chi connectivity index (χ0) is 26.7. The highest BCUT2D eigenvalue weighted by Gasteiger charge is 2.35. The van der Waals surface area contributed by atoms with E-state index >= 15 is 0 Å². The Morgan fingerprint density at radius 3 is 2.32 bits per heavy atom. The Bertz CT molecular complexity index is 1560. The molecule has 2 unspecified atom stereocenters. The van der Waals surface area contributed by atoms with Crippen LogP contribution in [0.25, 0.3) is 10.9 Å². The maximum atomic E-state index is 12.3. The second-order valence-electron chi connectivity index (χ2n) is 9.44.